The van der Waals surface area contributed by atoms with Gasteiger partial charge in [0, 0.05) is 38.9 Å². The summed E-state index contributed by atoms with van der Waals surface area (Å²) in [6.07, 6.45) is -2.25. The van der Waals surface area contributed by atoms with Gasteiger partial charge in [-0.1, -0.05) is 41.5 Å². The van der Waals surface area contributed by atoms with Crippen molar-refractivity contribution in [3.05, 3.63) is 0 Å². The van der Waals surface area contributed by atoms with Crippen molar-refractivity contribution in [1.82, 2.24) is 14.7 Å². The van der Waals surface area contributed by atoms with Gasteiger partial charge in [-0.15, -0.1) is 0 Å². The highest BCUT2D eigenvalue weighted by Crippen LogP contribution is 2.54. The van der Waals surface area contributed by atoms with E-state index in [1.165, 1.54) is 35.5 Å². The molecule has 0 saturated heterocycles. The number of aliphatic hydroxyl groups is 6. The Balaban J connectivity index is 6.33. The summed E-state index contributed by atoms with van der Waals surface area (Å²) in [6, 6.07) is 0. The van der Waals surface area contributed by atoms with Crippen molar-refractivity contribution in [2.45, 2.75) is 137 Å². The quantitative estimate of drug-likeness (QED) is 0.0870. The minimum absolute atomic E-state index is 0.0102. The first-order valence-electron chi connectivity index (χ1n) is 13.7. The molecule has 0 aromatic rings. The summed E-state index contributed by atoms with van der Waals surface area (Å²) in [4.78, 5) is 3.50. The topological polar surface area (TPSA) is 176 Å². The van der Waals surface area contributed by atoms with E-state index in [4.69, 9.17) is 13.6 Å². The molecule has 0 amide bonds. The lowest BCUT2D eigenvalue weighted by Crippen LogP contribution is -2.55. The number of rotatable bonds is 21. The molecule has 6 N–H and O–H groups in total. The molecular formula is C24H54N3O10P. The smallest absolute Gasteiger partial charge is 0.353 e. The molecule has 230 valence electrons. The monoisotopic (exact) mass is 575 g/mol. The van der Waals surface area contributed by atoms with E-state index in [0.29, 0.717) is 19.3 Å². The van der Waals surface area contributed by atoms with Crippen molar-refractivity contribution in [3.8, 4) is 0 Å². The molecule has 0 aromatic heterocycles. The van der Waals surface area contributed by atoms with Crippen LogP contribution in [0.2, 0.25) is 0 Å². The van der Waals surface area contributed by atoms with E-state index in [2.05, 4.69) is 0 Å². The second kappa shape index (κ2) is 16.3. The Labute approximate surface area is 228 Å². The van der Waals surface area contributed by atoms with Gasteiger partial charge < -0.3 is 30.6 Å². The molecule has 0 radical (unpaired) electrons. The van der Waals surface area contributed by atoms with E-state index in [1.807, 2.05) is 0 Å². The lowest BCUT2D eigenvalue weighted by Gasteiger charge is -2.43. The molecule has 3 atom stereocenters. The summed E-state index contributed by atoms with van der Waals surface area (Å²) in [5.41, 5.74) is 0. The zero-order valence-corrected chi connectivity index (χ0v) is 25.6. The fourth-order valence-electron chi connectivity index (χ4n) is 4.65. The number of hydrogen-bond donors (Lipinski definition) is 6. The Morgan fingerprint density at radius 1 is 0.553 bits per heavy atom. The first-order chi connectivity index (χ1) is 17.4. The van der Waals surface area contributed by atoms with Crippen LogP contribution in [0.5, 0.6) is 0 Å². The van der Waals surface area contributed by atoms with Crippen molar-refractivity contribution in [2.75, 3.05) is 19.6 Å². The summed E-state index contributed by atoms with van der Waals surface area (Å²) in [7, 11) is -4.65. The lowest BCUT2D eigenvalue weighted by atomic mass is 10.2. The molecule has 0 bridgehead atoms. The van der Waals surface area contributed by atoms with Crippen LogP contribution in [0.1, 0.15) is 101 Å². The highest BCUT2D eigenvalue weighted by molar-refractivity contribution is 7.48. The van der Waals surface area contributed by atoms with Gasteiger partial charge in [0.05, 0.1) is 0 Å². The highest BCUT2D eigenvalue weighted by Gasteiger charge is 2.45. The van der Waals surface area contributed by atoms with Gasteiger partial charge in [-0.05, 0) is 40.0 Å². The molecule has 0 heterocycles. The van der Waals surface area contributed by atoms with Gasteiger partial charge in [-0.2, -0.15) is 0 Å². The van der Waals surface area contributed by atoms with Gasteiger partial charge in [0.1, 0.15) is 18.7 Å². The molecular weight excluding hydrogens is 521 g/mol. The summed E-state index contributed by atoms with van der Waals surface area (Å²) in [5, 5.41) is 63.4. The molecule has 0 rings (SSSR count). The number of phosphoric ester groups is 1. The third-order valence-electron chi connectivity index (χ3n) is 6.32. The Bertz CT molecular complexity index is 623. The van der Waals surface area contributed by atoms with Crippen LogP contribution in [0, 0.1) is 0 Å². The van der Waals surface area contributed by atoms with E-state index < -0.39 is 44.2 Å². The van der Waals surface area contributed by atoms with Crippen molar-refractivity contribution in [1.29, 1.82) is 0 Å². The van der Waals surface area contributed by atoms with Crippen LogP contribution in [0.15, 0.2) is 0 Å². The average molecular weight is 576 g/mol. The second-order valence-corrected chi connectivity index (χ2v) is 11.0. The van der Waals surface area contributed by atoms with Crippen LogP contribution < -0.4 is 0 Å². The van der Waals surface area contributed by atoms with Gasteiger partial charge in [-0.25, -0.2) is 19.3 Å². The van der Waals surface area contributed by atoms with Gasteiger partial charge in [0.25, 0.3) is 0 Å². The zero-order chi connectivity index (χ0) is 29.9. The normalized spacial score (nSPS) is 17.7. The maximum Gasteiger partial charge on any atom is 0.479 e. The van der Waals surface area contributed by atoms with Crippen LogP contribution in [0.4, 0.5) is 0 Å². The van der Waals surface area contributed by atoms with Crippen molar-refractivity contribution >= 4 is 7.82 Å². The second-order valence-electron chi connectivity index (χ2n) is 9.49. The minimum atomic E-state index is -4.65. The Kier molecular flexibility index (Phi) is 16.2. The first-order valence-corrected chi connectivity index (χ1v) is 15.2. The number of phosphoric acid groups is 1. The summed E-state index contributed by atoms with van der Waals surface area (Å²) in [6.45, 7) is 15.0. The maximum atomic E-state index is 14.1. The maximum absolute atomic E-state index is 14.1. The van der Waals surface area contributed by atoms with Crippen LogP contribution in [-0.2, 0) is 18.1 Å². The SMILES string of the molecule is CCCC(O)(O)N(CC)C(C)OP(=O)(OC(C)N(CC)C(O)(O)CCC)OC(C)N(CC)C(O)(O)CCC. The molecule has 14 heteroatoms. The third-order valence-corrected chi connectivity index (χ3v) is 8.01. The molecule has 0 spiro atoms. The van der Waals surface area contributed by atoms with Crippen molar-refractivity contribution < 1.29 is 48.8 Å². The first kappa shape index (κ1) is 37.8. The number of nitrogens with zero attached hydrogens (tertiary/aromatic N) is 3. The molecule has 38 heavy (non-hydrogen) atoms. The molecule has 0 saturated carbocycles. The van der Waals surface area contributed by atoms with E-state index in [0.717, 1.165) is 0 Å². The van der Waals surface area contributed by atoms with Crippen molar-refractivity contribution in [2.24, 2.45) is 0 Å². The third kappa shape index (κ3) is 11.0. The standard InChI is InChI=1S/C24H54N3O10P/c1-10-16-22(28,29)25(13-4)19(7)35-38(34,36-20(8)26(14-5)23(30,31)17-11-2)37-21(9)27(15-6)24(32,33)18-12-3/h19-21,28-33H,10-18H2,1-9H3. The summed E-state index contributed by atoms with van der Waals surface area (Å²) >= 11 is 0. The number of hydrogen-bond acceptors (Lipinski definition) is 13. The fourth-order valence-corrected chi connectivity index (χ4v) is 6.26. The molecule has 0 aromatic carbocycles. The van der Waals surface area contributed by atoms with Crippen LogP contribution in [-0.4, -0.2) is 101 Å². The highest BCUT2D eigenvalue weighted by atomic mass is 31.2. The van der Waals surface area contributed by atoms with Gasteiger partial charge in [0.15, 0.2) is 0 Å². The molecule has 0 fully saturated rings. The molecule has 13 nitrogen and oxygen atoms in total. The van der Waals surface area contributed by atoms with Gasteiger partial charge >= 0.3 is 7.82 Å². The van der Waals surface area contributed by atoms with Gasteiger partial charge in [0.2, 0.25) is 17.7 Å². The van der Waals surface area contributed by atoms with Gasteiger partial charge in [-0.3, -0.25) is 13.6 Å². The van der Waals surface area contributed by atoms with E-state index in [9.17, 15) is 35.2 Å². The zero-order valence-electron chi connectivity index (χ0n) is 24.7. The van der Waals surface area contributed by atoms with E-state index in [-0.39, 0.29) is 38.9 Å². The predicted molar refractivity (Wildman–Crippen MR) is 143 cm³/mol. The Morgan fingerprint density at radius 3 is 0.921 bits per heavy atom. The fraction of sp³-hybridized carbons (Fsp3) is 1.00. The summed E-state index contributed by atoms with van der Waals surface area (Å²) in [5.74, 6) is -6.81. The Hall–Kier alpha value is -0.250. The van der Waals surface area contributed by atoms with Crippen molar-refractivity contribution in [3.63, 3.8) is 0 Å². The Morgan fingerprint density at radius 2 is 0.763 bits per heavy atom. The predicted octanol–water partition coefficient (Wildman–Crippen LogP) is 2.46. The summed E-state index contributed by atoms with van der Waals surface area (Å²) < 4.78 is 31.3. The molecule has 3 unspecified atom stereocenters. The van der Waals surface area contributed by atoms with Crippen LogP contribution >= 0.6 is 7.82 Å². The molecule has 0 aliphatic heterocycles. The average Bonchev–Trinajstić information content (AvgIpc) is 2.73. The molecule has 0 aliphatic rings. The largest absolute Gasteiger partial charge is 0.479 e. The van der Waals surface area contributed by atoms with Crippen LogP contribution in [0.25, 0.3) is 0 Å². The van der Waals surface area contributed by atoms with Crippen LogP contribution in [0.3, 0.4) is 0 Å². The molecule has 0 aliphatic carbocycles. The van der Waals surface area contributed by atoms with E-state index >= 15 is 0 Å². The van der Waals surface area contributed by atoms with E-state index in [1.54, 1.807) is 41.5 Å². The lowest BCUT2D eigenvalue weighted by molar-refractivity contribution is -0.305. The minimum Gasteiger partial charge on any atom is -0.353 e.